The second kappa shape index (κ2) is 7.07. The van der Waals surface area contributed by atoms with Crippen molar-refractivity contribution in [2.45, 2.75) is 71.5 Å². The number of rotatable bonds is 5. The van der Waals surface area contributed by atoms with Gasteiger partial charge in [0.05, 0.1) is 0 Å². The van der Waals surface area contributed by atoms with Gasteiger partial charge in [-0.25, -0.2) is 4.98 Å². The van der Waals surface area contributed by atoms with Crippen molar-refractivity contribution >= 4 is 5.82 Å². The molecule has 2 atom stereocenters. The van der Waals surface area contributed by atoms with Gasteiger partial charge in [0, 0.05) is 29.9 Å². The fourth-order valence-corrected chi connectivity index (χ4v) is 3.05. The second-order valence-electron chi connectivity index (χ2n) is 6.24. The highest BCUT2D eigenvalue weighted by Gasteiger charge is 2.28. The molecule has 0 saturated carbocycles. The Bertz CT molecular complexity index is 416. The van der Waals surface area contributed by atoms with Gasteiger partial charge in [-0.1, -0.05) is 19.4 Å². The summed E-state index contributed by atoms with van der Waals surface area (Å²) in [6, 6.07) is 5.91. The van der Waals surface area contributed by atoms with Crippen LogP contribution in [0.2, 0.25) is 0 Å². The summed E-state index contributed by atoms with van der Waals surface area (Å²) in [5, 5.41) is 3.58. The van der Waals surface area contributed by atoms with Crippen LogP contribution in [0.3, 0.4) is 0 Å². The Morgan fingerprint density at radius 2 is 2.15 bits per heavy atom. The quantitative estimate of drug-likeness (QED) is 0.871. The van der Waals surface area contributed by atoms with Gasteiger partial charge in [0.25, 0.3) is 0 Å². The van der Waals surface area contributed by atoms with Crippen LogP contribution in [0, 0.1) is 0 Å². The van der Waals surface area contributed by atoms with Crippen molar-refractivity contribution in [3.05, 3.63) is 23.9 Å². The van der Waals surface area contributed by atoms with Crippen molar-refractivity contribution in [3.63, 3.8) is 0 Å². The van der Waals surface area contributed by atoms with Crippen LogP contribution in [-0.2, 0) is 0 Å². The van der Waals surface area contributed by atoms with Crippen molar-refractivity contribution in [1.82, 2.24) is 9.88 Å². The zero-order valence-corrected chi connectivity index (χ0v) is 13.4. The predicted octanol–water partition coefficient (Wildman–Crippen LogP) is 4.23. The van der Waals surface area contributed by atoms with Crippen LogP contribution >= 0.6 is 0 Å². The molecule has 0 amide bonds. The lowest BCUT2D eigenvalue weighted by molar-refractivity contribution is 0.112. The fourth-order valence-electron chi connectivity index (χ4n) is 3.05. The maximum atomic E-state index is 4.60. The summed E-state index contributed by atoms with van der Waals surface area (Å²) < 4.78 is 0. The molecule has 1 aromatic rings. The normalized spacial score (nSPS) is 21.9. The Balaban J connectivity index is 2.25. The zero-order chi connectivity index (χ0) is 14.5. The summed E-state index contributed by atoms with van der Waals surface area (Å²) in [6.45, 7) is 10.2. The minimum atomic E-state index is 0.472. The monoisotopic (exact) mass is 275 g/mol. The molecule has 112 valence electrons. The molecule has 2 rings (SSSR count). The van der Waals surface area contributed by atoms with Crippen molar-refractivity contribution in [2.75, 3.05) is 11.9 Å². The Morgan fingerprint density at radius 3 is 2.85 bits per heavy atom. The van der Waals surface area contributed by atoms with Gasteiger partial charge < -0.3 is 5.32 Å². The molecule has 1 N–H and O–H groups in total. The zero-order valence-electron chi connectivity index (χ0n) is 13.4. The lowest BCUT2D eigenvalue weighted by atomic mass is 9.94. The van der Waals surface area contributed by atoms with Gasteiger partial charge in [0.1, 0.15) is 5.82 Å². The number of pyridine rings is 1. The molecule has 1 aromatic heterocycles. The summed E-state index contributed by atoms with van der Waals surface area (Å²) in [7, 11) is 0. The molecule has 2 heterocycles. The lowest BCUT2D eigenvalue weighted by Crippen LogP contribution is -2.39. The minimum absolute atomic E-state index is 0.472. The Hall–Kier alpha value is -1.09. The van der Waals surface area contributed by atoms with E-state index in [0.29, 0.717) is 18.1 Å². The van der Waals surface area contributed by atoms with E-state index in [1.54, 1.807) is 0 Å². The average molecular weight is 275 g/mol. The first-order valence-corrected chi connectivity index (χ1v) is 8.10. The molecule has 3 nitrogen and oxygen atoms in total. The first-order chi connectivity index (χ1) is 9.63. The number of hydrogen-bond donors (Lipinski definition) is 1. The van der Waals surface area contributed by atoms with Crippen molar-refractivity contribution in [2.24, 2.45) is 0 Å². The molecule has 3 heteroatoms. The molecule has 20 heavy (non-hydrogen) atoms. The predicted molar refractivity (Wildman–Crippen MR) is 86.0 cm³/mol. The molecule has 0 bridgehead atoms. The summed E-state index contributed by atoms with van der Waals surface area (Å²) in [4.78, 5) is 7.23. The van der Waals surface area contributed by atoms with Crippen LogP contribution in [-0.4, -0.2) is 28.5 Å². The van der Waals surface area contributed by atoms with Gasteiger partial charge in [-0.2, -0.15) is 0 Å². The molecule has 1 aliphatic rings. The smallest absolute Gasteiger partial charge is 0.130 e. The molecular weight excluding hydrogens is 246 g/mol. The van der Waals surface area contributed by atoms with Gasteiger partial charge in [0.15, 0.2) is 0 Å². The molecule has 0 spiro atoms. The molecule has 1 saturated heterocycles. The number of nitrogens with zero attached hydrogens (tertiary/aromatic N) is 2. The highest BCUT2D eigenvalue weighted by atomic mass is 15.2. The highest BCUT2D eigenvalue weighted by molar-refractivity contribution is 5.46. The number of nitrogens with one attached hydrogen (secondary N) is 1. The van der Waals surface area contributed by atoms with Crippen LogP contribution in [0.15, 0.2) is 18.3 Å². The number of aromatic nitrogens is 1. The summed E-state index contributed by atoms with van der Waals surface area (Å²) in [6.07, 6.45) is 6.92. The maximum Gasteiger partial charge on any atom is 0.130 e. The fraction of sp³-hybridized carbons (Fsp3) is 0.706. The van der Waals surface area contributed by atoms with Gasteiger partial charge in [-0.05, 0) is 52.6 Å². The molecule has 1 aliphatic heterocycles. The van der Waals surface area contributed by atoms with E-state index in [2.05, 4.69) is 55.0 Å². The van der Waals surface area contributed by atoms with Crippen LogP contribution in [0.4, 0.5) is 5.82 Å². The third kappa shape index (κ3) is 3.51. The summed E-state index contributed by atoms with van der Waals surface area (Å²) in [5.41, 5.74) is 1.38. The number of anilines is 1. The molecular formula is C17H29N3. The second-order valence-corrected chi connectivity index (χ2v) is 6.24. The van der Waals surface area contributed by atoms with Gasteiger partial charge in [0.2, 0.25) is 0 Å². The number of likely N-dealkylation sites (tertiary alicyclic amines) is 1. The van der Waals surface area contributed by atoms with E-state index in [1.165, 1.54) is 31.4 Å². The van der Waals surface area contributed by atoms with Crippen LogP contribution in [0.1, 0.15) is 65.0 Å². The SMILES string of the molecule is CC[C@@H](C)Nc1ncccc1[C@H]1CCCCN1C(C)C. The molecule has 1 fully saturated rings. The lowest BCUT2D eigenvalue weighted by Gasteiger charge is -2.39. The first-order valence-electron chi connectivity index (χ1n) is 8.10. The van der Waals surface area contributed by atoms with E-state index >= 15 is 0 Å². The third-order valence-corrected chi connectivity index (χ3v) is 4.40. The van der Waals surface area contributed by atoms with E-state index in [0.717, 1.165) is 12.2 Å². The number of hydrogen-bond acceptors (Lipinski definition) is 3. The van der Waals surface area contributed by atoms with Crippen molar-refractivity contribution in [3.8, 4) is 0 Å². The topological polar surface area (TPSA) is 28.2 Å². The molecule has 0 radical (unpaired) electrons. The maximum absolute atomic E-state index is 4.60. The van der Waals surface area contributed by atoms with Crippen molar-refractivity contribution in [1.29, 1.82) is 0 Å². The molecule has 0 aliphatic carbocycles. The third-order valence-electron chi connectivity index (χ3n) is 4.40. The summed E-state index contributed by atoms with van der Waals surface area (Å²) >= 11 is 0. The average Bonchev–Trinajstić information content (AvgIpc) is 2.47. The molecule has 0 unspecified atom stereocenters. The van der Waals surface area contributed by atoms with Crippen LogP contribution in [0.25, 0.3) is 0 Å². The summed E-state index contributed by atoms with van der Waals surface area (Å²) in [5.74, 6) is 1.08. The van der Waals surface area contributed by atoms with Gasteiger partial charge in [-0.15, -0.1) is 0 Å². The largest absolute Gasteiger partial charge is 0.367 e. The first kappa shape index (κ1) is 15.3. The van der Waals surface area contributed by atoms with E-state index in [9.17, 15) is 0 Å². The highest BCUT2D eigenvalue weighted by Crippen LogP contribution is 2.35. The minimum Gasteiger partial charge on any atom is -0.367 e. The molecule has 0 aromatic carbocycles. The van der Waals surface area contributed by atoms with Gasteiger partial charge in [-0.3, -0.25) is 4.90 Å². The Labute approximate surface area is 123 Å². The van der Waals surface area contributed by atoms with Crippen LogP contribution in [0.5, 0.6) is 0 Å². The van der Waals surface area contributed by atoms with E-state index < -0.39 is 0 Å². The van der Waals surface area contributed by atoms with Crippen LogP contribution < -0.4 is 5.32 Å². The van der Waals surface area contributed by atoms with E-state index in [4.69, 9.17) is 0 Å². The number of piperidine rings is 1. The van der Waals surface area contributed by atoms with Gasteiger partial charge >= 0.3 is 0 Å². The Morgan fingerprint density at radius 1 is 1.35 bits per heavy atom. The van der Waals surface area contributed by atoms with Crippen molar-refractivity contribution < 1.29 is 0 Å². The standard InChI is InChI=1S/C17H29N3/c1-5-14(4)19-17-15(9-8-11-18-17)16-10-6-7-12-20(16)13(2)3/h8-9,11,13-14,16H,5-7,10,12H2,1-4H3,(H,18,19)/t14-,16-/m1/s1. The Kier molecular flexibility index (Phi) is 5.41. The van der Waals surface area contributed by atoms with E-state index in [1.807, 2.05) is 6.20 Å². The van der Waals surface area contributed by atoms with E-state index in [-0.39, 0.29) is 0 Å².